The molecule has 0 saturated heterocycles. The molecule has 1 N–H and O–H groups in total. The zero-order valence-electron chi connectivity index (χ0n) is 14.6. The Morgan fingerprint density at radius 1 is 1.07 bits per heavy atom. The molecule has 0 unspecified atom stereocenters. The summed E-state index contributed by atoms with van der Waals surface area (Å²) in [7, 11) is 0. The summed E-state index contributed by atoms with van der Waals surface area (Å²) in [6.45, 7) is 0.486. The number of halogens is 4. The molecule has 0 aliphatic carbocycles. The monoisotopic (exact) mass is 405 g/mol. The molecule has 1 aromatic heterocycles. The van der Waals surface area contributed by atoms with Gasteiger partial charge in [-0.3, -0.25) is 9.69 Å². The largest absolute Gasteiger partial charge is 0.306 e. The van der Waals surface area contributed by atoms with Crippen LogP contribution < -0.4 is 5.56 Å². The Labute approximate surface area is 163 Å². The summed E-state index contributed by atoms with van der Waals surface area (Å²) in [5, 5.41) is 0.580. The normalized spacial score (nSPS) is 14.1. The van der Waals surface area contributed by atoms with Gasteiger partial charge in [-0.1, -0.05) is 11.6 Å². The second-order valence-electron chi connectivity index (χ2n) is 6.63. The molecule has 8 heteroatoms. The SMILES string of the molecule is O=c1[nH]c(-c2ccc(Cl)cc2)nc2c1CN(Cc1c(F)ccc(F)c1F)CC2. The highest BCUT2D eigenvalue weighted by atomic mass is 35.5. The van der Waals surface area contributed by atoms with Gasteiger partial charge < -0.3 is 4.98 Å². The number of nitrogens with one attached hydrogen (secondary N) is 1. The number of fused-ring (bicyclic) bond motifs is 1. The van der Waals surface area contributed by atoms with Gasteiger partial charge >= 0.3 is 0 Å². The standard InChI is InChI=1S/C20H15ClF3N3O/c21-12-3-1-11(2-4-12)19-25-17-7-8-27(10-14(17)20(28)26-19)9-13-15(22)5-6-16(23)18(13)24/h1-6H,7-10H2,(H,25,26,28). The first-order valence-corrected chi connectivity index (χ1v) is 9.03. The zero-order chi connectivity index (χ0) is 19.8. The molecule has 2 heterocycles. The molecule has 1 aliphatic rings. The number of hydrogen-bond acceptors (Lipinski definition) is 3. The summed E-state index contributed by atoms with van der Waals surface area (Å²) in [5.41, 5.74) is 1.17. The number of hydrogen-bond donors (Lipinski definition) is 1. The maximum atomic E-state index is 13.9. The number of benzene rings is 2. The Bertz CT molecular complexity index is 1100. The molecular formula is C20H15ClF3N3O. The van der Waals surface area contributed by atoms with Gasteiger partial charge in [-0.25, -0.2) is 18.2 Å². The van der Waals surface area contributed by atoms with Gasteiger partial charge in [0.15, 0.2) is 11.6 Å². The Balaban J connectivity index is 1.61. The van der Waals surface area contributed by atoms with Crippen LogP contribution in [-0.2, 0) is 19.5 Å². The lowest BCUT2D eigenvalue weighted by Crippen LogP contribution is -2.36. The first-order valence-electron chi connectivity index (χ1n) is 8.65. The van der Waals surface area contributed by atoms with Crippen LogP contribution in [0.2, 0.25) is 5.02 Å². The molecule has 144 valence electrons. The number of rotatable bonds is 3. The summed E-state index contributed by atoms with van der Waals surface area (Å²) >= 11 is 5.89. The topological polar surface area (TPSA) is 49.0 Å². The van der Waals surface area contributed by atoms with Gasteiger partial charge in [0, 0.05) is 42.2 Å². The van der Waals surface area contributed by atoms with Crippen molar-refractivity contribution < 1.29 is 13.2 Å². The van der Waals surface area contributed by atoms with E-state index in [0.29, 0.717) is 35.1 Å². The molecule has 1 aliphatic heterocycles. The van der Waals surface area contributed by atoms with Crippen molar-refractivity contribution in [1.82, 2.24) is 14.9 Å². The molecule has 0 amide bonds. The Morgan fingerprint density at radius 2 is 1.79 bits per heavy atom. The van der Waals surface area contributed by atoms with E-state index in [2.05, 4.69) is 9.97 Å². The zero-order valence-corrected chi connectivity index (χ0v) is 15.4. The lowest BCUT2D eigenvalue weighted by Gasteiger charge is -2.28. The summed E-state index contributed by atoms with van der Waals surface area (Å²) in [5.74, 6) is -2.66. The third kappa shape index (κ3) is 3.55. The first-order chi connectivity index (χ1) is 13.4. The van der Waals surface area contributed by atoms with Crippen LogP contribution in [-0.4, -0.2) is 21.4 Å². The highest BCUT2D eigenvalue weighted by molar-refractivity contribution is 6.30. The molecule has 0 saturated carbocycles. The molecule has 0 atom stereocenters. The molecule has 4 rings (SSSR count). The fraction of sp³-hybridized carbons (Fsp3) is 0.200. The van der Waals surface area contributed by atoms with E-state index in [0.717, 1.165) is 17.7 Å². The molecule has 0 fully saturated rings. The van der Waals surface area contributed by atoms with E-state index in [1.54, 1.807) is 29.2 Å². The van der Waals surface area contributed by atoms with Crippen molar-refractivity contribution in [3.8, 4) is 11.4 Å². The van der Waals surface area contributed by atoms with Gasteiger partial charge in [0.05, 0.1) is 11.3 Å². The fourth-order valence-electron chi connectivity index (χ4n) is 3.30. The minimum absolute atomic E-state index is 0.132. The summed E-state index contributed by atoms with van der Waals surface area (Å²) < 4.78 is 41.3. The van der Waals surface area contributed by atoms with E-state index in [1.165, 1.54) is 0 Å². The Morgan fingerprint density at radius 3 is 2.54 bits per heavy atom. The first kappa shape index (κ1) is 18.7. The van der Waals surface area contributed by atoms with Crippen molar-refractivity contribution >= 4 is 11.6 Å². The summed E-state index contributed by atoms with van der Waals surface area (Å²) in [4.78, 5) is 21.5. The van der Waals surface area contributed by atoms with Gasteiger partial charge in [-0.05, 0) is 36.4 Å². The fourth-order valence-corrected chi connectivity index (χ4v) is 3.42. The van der Waals surface area contributed by atoms with Gasteiger partial charge in [0.25, 0.3) is 5.56 Å². The highest BCUT2D eigenvalue weighted by Crippen LogP contribution is 2.23. The van der Waals surface area contributed by atoms with E-state index in [1.807, 2.05) is 0 Å². The maximum absolute atomic E-state index is 13.9. The van der Waals surface area contributed by atoms with Crippen LogP contribution in [0.1, 0.15) is 16.8 Å². The number of H-pyrrole nitrogens is 1. The summed E-state index contributed by atoms with van der Waals surface area (Å²) in [6.07, 6.45) is 0.443. The summed E-state index contributed by atoms with van der Waals surface area (Å²) in [6, 6.07) is 8.60. The lowest BCUT2D eigenvalue weighted by atomic mass is 10.0. The van der Waals surface area contributed by atoms with Crippen LogP contribution >= 0.6 is 11.6 Å². The predicted molar refractivity (Wildman–Crippen MR) is 99.4 cm³/mol. The maximum Gasteiger partial charge on any atom is 0.255 e. The molecule has 0 bridgehead atoms. The van der Waals surface area contributed by atoms with E-state index >= 15 is 0 Å². The van der Waals surface area contributed by atoms with Crippen molar-refractivity contribution in [3.63, 3.8) is 0 Å². The van der Waals surface area contributed by atoms with E-state index in [9.17, 15) is 18.0 Å². The highest BCUT2D eigenvalue weighted by Gasteiger charge is 2.24. The van der Waals surface area contributed by atoms with E-state index in [-0.39, 0.29) is 24.2 Å². The van der Waals surface area contributed by atoms with Gasteiger partial charge in [0.2, 0.25) is 0 Å². The van der Waals surface area contributed by atoms with Gasteiger partial charge in [0.1, 0.15) is 11.6 Å². The Hall–Kier alpha value is -2.64. The third-order valence-electron chi connectivity index (χ3n) is 4.79. The molecule has 0 radical (unpaired) electrons. The van der Waals surface area contributed by atoms with Crippen molar-refractivity contribution in [2.75, 3.05) is 6.54 Å². The molecule has 0 spiro atoms. The van der Waals surface area contributed by atoms with E-state index < -0.39 is 17.5 Å². The predicted octanol–water partition coefficient (Wildman–Crippen LogP) is 4.07. The molecule has 28 heavy (non-hydrogen) atoms. The van der Waals surface area contributed by atoms with Crippen molar-refractivity contribution in [2.45, 2.75) is 19.5 Å². The van der Waals surface area contributed by atoms with Crippen LogP contribution in [0.4, 0.5) is 13.2 Å². The van der Waals surface area contributed by atoms with Gasteiger partial charge in [-0.2, -0.15) is 0 Å². The van der Waals surface area contributed by atoms with Gasteiger partial charge in [-0.15, -0.1) is 0 Å². The smallest absolute Gasteiger partial charge is 0.255 e. The minimum atomic E-state index is -1.20. The quantitative estimate of drug-likeness (QED) is 0.668. The van der Waals surface area contributed by atoms with Crippen molar-refractivity contribution in [2.24, 2.45) is 0 Å². The van der Waals surface area contributed by atoms with Crippen LogP contribution in [0.5, 0.6) is 0 Å². The van der Waals surface area contributed by atoms with Crippen molar-refractivity contribution in [3.05, 3.63) is 86.0 Å². The molecule has 3 aromatic rings. The van der Waals surface area contributed by atoms with Crippen LogP contribution in [0.3, 0.4) is 0 Å². The van der Waals surface area contributed by atoms with Crippen molar-refractivity contribution in [1.29, 1.82) is 0 Å². The minimum Gasteiger partial charge on any atom is -0.306 e. The second-order valence-corrected chi connectivity index (χ2v) is 7.07. The average molecular weight is 406 g/mol. The molecule has 2 aromatic carbocycles. The van der Waals surface area contributed by atoms with Crippen LogP contribution in [0.15, 0.2) is 41.2 Å². The number of aromatic nitrogens is 2. The molecular weight excluding hydrogens is 391 g/mol. The van der Waals surface area contributed by atoms with E-state index in [4.69, 9.17) is 11.6 Å². The number of aromatic amines is 1. The second kappa shape index (κ2) is 7.41. The lowest BCUT2D eigenvalue weighted by molar-refractivity contribution is 0.233. The Kier molecular flexibility index (Phi) is 4.95. The third-order valence-corrected chi connectivity index (χ3v) is 5.04. The number of nitrogens with zero attached hydrogens (tertiary/aromatic N) is 2. The van der Waals surface area contributed by atoms with Crippen LogP contribution in [0.25, 0.3) is 11.4 Å². The molecule has 4 nitrogen and oxygen atoms in total. The van der Waals surface area contributed by atoms with Crippen LogP contribution in [0, 0.1) is 17.5 Å². The average Bonchev–Trinajstić information content (AvgIpc) is 2.69.